The lowest BCUT2D eigenvalue weighted by Crippen LogP contribution is -2.52. The monoisotopic (exact) mass is 340 g/mol. The summed E-state index contributed by atoms with van der Waals surface area (Å²) in [6.45, 7) is 7.39. The van der Waals surface area contributed by atoms with Crippen LogP contribution in [0.3, 0.4) is 0 Å². The lowest BCUT2D eigenvalue weighted by atomic mass is 10.0. The molecule has 3 rings (SSSR count). The van der Waals surface area contributed by atoms with E-state index < -0.39 is 0 Å². The van der Waals surface area contributed by atoms with E-state index in [1.807, 2.05) is 12.1 Å². The molecule has 2 heterocycles. The van der Waals surface area contributed by atoms with E-state index in [0.29, 0.717) is 23.5 Å². The van der Waals surface area contributed by atoms with Gasteiger partial charge in [0, 0.05) is 30.5 Å². The lowest BCUT2D eigenvalue weighted by Gasteiger charge is -2.42. The Hall–Kier alpha value is -2.44. The van der Waals surface area contributed by atoms with Crippen LogP contribution in [-0.2, 0) is 11.3 Å². The van der Waals surface area contributed by atoms with Gasteiger partial charge < -0.3 is 15.8 Å². The minimum Gasteiger partial charge on any atom is -0.398 e. The molecule has 6 heteroatoms. The summed E-state index contributed by atoms with van der Waals surface area (Å²) in [5.41, 5.74) is 8.63. The Bertz CT molecular complexity index is 746. The molecule has 6 nitrogen and oxygen atoms in total. The maximum absolute atomic E-state index is 12.6. The van der Waals surface area contributed by atoms with Crippen molar-refractivity contribution in [2.45, 2.75) is 25.9 Å². The van der Waals surface area contributed by atoms with E-state index in [-0.39, 0.29) is 11.4 Å². The van der Waals surface area contributed by atoms with Crippen LogP contribution in [0.25, 0.3) is 0 Å². The first-order valence-electron chi connectivity index (χ1n) is 8.38. The van der Waals surface area contributed by atoms with Crippen LogP contribution in [0.2, 0.25) is 0 Å². The SMILES string of the molecule is CC1(C)COCCN1Cc1ccc(N)c(C(=O)Nc2cccnc2)c1. The molecule has 0 atom stereocenters. The zero-order valence-electron chi connectivity index (χ0n) is 14.7. The standard InChI is InChI=1S/C19H24N4O2/c1-19(2)13-25-9-8-23(19)12-14-5-6-17(20)16(10-14)18(24)22-15-4-3-7-21-11-15/h3-7,10-11H,8-9,12-13,20H2,1-2H3,(H,22,24). The Balaban J connectivity index is 1.77. The van der Waals surface area contributed by atoms with Gasteiger partial charge in [0.2, 0.25) is 0 Å². The highest BCUT2D eigenvalue weighted by Gasteiger charge is 2.30. The number of ether oxygens (including phenoxy) is 1. The number of nitrogens with one attached hydrogen (secondary N) is 1. The van der Waals surface area contributed by atoms with E-state index in [0.717, 1.165) is 25.3 Å². The van der Waals surface area contributed by atoms with Gasteiger partial charge in [-0.3, -0.25) is 14.7 Å². The quantitative estimate of drug-likeness (QED) is 0.836. The highest BCUT2D eigenvalue weighted by Crippen LogP contribution is 2.23. The molecule has 1 aromatic carbocycles. The second-order valence-electron chi connectivity index (χ2n) is 6.90. The number of hydrogen-bond acceptors (Lipinski definition) is 5. The first-order valence-corrected chi connectivity index (χ1v) is 8.38. The normalized spacial score (nSPS) is 17.2. The maximum Gasteiger partial charge on any atom is 0.257 e. The molecular weight excluding hydrogens is 316 g/mol. The highest BCUT2D eigenvalue weighted by molar-refractivity contribution is 6.07. The number of aromatic nitrogens is 1. The summed E-state index contributed by atoms with van der Waals surface area (Å²) in [6, 6.07) is 9.20. The van der Waals surface area contributed by atoms with Gasteiger partial charge in [-0.2, -0.15) is 0 Å². The van der Waals surface area contributed by atoms with Crippen molar-refractivity contribution in [1.82, 2.24) is 9.88 Å². The fraction of sp³-hybridized carbons (Fsp3) is 0.368. The third-order valence-corrected chi connectivity index (χ3v) is 4.47. The van der Waals surface area contributed by atoms with Crippen LogP contribution >= 0.6 is 0 Å². The molecule has 1 amide bonds. The van der Waals surface area contributed by atoms with E-state index in [2.05, 4.69) is 29.0 Å². The molecule has 0 aliphatic carbocycles. The van der Waals surface area contributed by atoms with Crippen LogP contribution < -0.4 is 11.1 Å². The van der Waals surface area contributed by atoms with E-state index in [4.69, 9.17) is 10.5 Å². The second-order valence-corrected chi connectivity index (χ2v) is 6.90. The fourth-order valence-corrected chi connectivity index (χ4v) is 2.94. The molecule has 2 aromatic rings. The summed E-state index contributed by atoms with van der Waals surface area (Å²) in [5.74, 6) is -0.228. The van der Waals surface area contributed by atoms with Gasteiger partial charge in [-0.15, -0.1) is 0 Å². The molecule has 25 heavy (non-hydrogen) atoms. The van der Waals surface area contributed by atoms with Crippen LogP contribution in [-0.4, -0.2) is 41.1 Å². The summed E-state index contributed by atoms with van der Waals surface area (Å²) in [6.07, 6.45) is 3.27. The molecule has 1 aliphatic rings. The van der Waals surface area contributed by atoms with E-state index >= 15 is 0 Å². The minimum absolute atomic E-state index is 0.0300. The van der Waals surface area contributed by atoms with Crippen LogP contribution in [0, 0.1) is 0 Å². The molecule has 1 saturated heterocycles. The Labute approximate surface area is 148 Å². The molecule has 1 fully saturated rings. The first-order chi connectivity index (χ1) is 12.0. The fourth-order valence-electron chi connectivity index (χ4n) is 2.94. The van der Waals surface area contributed by atoms with Gasteiger partial charge in [0.15, 0.2) is 0 Å². The van der Waals surface area contributed by atoms with Crippen molar-refractivity contribution in [1.29, 1.82) is 0 Å². The Kier molecular flexibility index (Phi) is 5.01. The van der Waals surface area contributed by atoms with Crippen molar-refractivity contribution in [2.75, 3.05) is 30.8 Å². The van der Waals surface area contributed by atoms with E-state index in [9.17, 15) is 4.79 Å². The number of carbonyl (C=O) groups excluding carboxylic acids is 1. The van der Waals surface area contributed by atoms with Crippen molar-refractivity contribution >= 4 is 17.3 Å². The van der Waals surface area contributed by atoms with Gasteiger partial charge in [-0.05, 0) is 43.7 Å². The van der Waals surface area contributed by atoms with Crippen LogP contribution in [0.4, 0.5) is 11.4 Å². The Morgan fingerprint density at radius 2 is 2.24 bits per heavy atom. The van der Waals surface area contributed by atoms with Crippen molar-refractivity contribution < 1.29 is 9.53 Å². The summed E-state index contributed by atoms with van der Waals surface area (Å²) in [7, 11) is 0. The predicted molar refractivity (Wildman–Crippen MR) is 98.4 cm³/mol. The van der Waals surface area contributed by atoms with Crippen molar-refractivity contribution in [3.8, 4) is 0 Å². The molecule has 0 radical (unpaired) electrons. The number of pyridine rings is 1. The van der Waals surface area contributed by atoms with Crippen LogP contribution in [0.15, 0.2) is 42.7 Å². The molecule has 3 N–H and O–H groups in total. The van der Waals surface area contributed by atoms with Crippen LogP contribution in [0.1, 0.15) is 29.8 Å². The van der Waals surface area contributed by atoms with Crippen molar-refractivity contribution in [3.63, 3.8) is 0 Å². The average molecular weight is 340 g/mol. The largest absolute Gasteiger partial charge is 0.398 e. The number of anilines is 2. The molecule has 0 bridgehead atoms. The number of carbonyl (C=O) groups is 1. The summed E-state index contributed by atoms with van der Waals surface area (Å²) < 4.78 is 5.57. The maximum atomic E-state index is 12.6. The van der Waals surface area contributed by atoms with Gasteiger partial charge in [0.25, 0.3) is 5.91 Å². The molecule has 0 unspecified atom stereocenters. The molecular formula is C19H24N4O2. The topological polar surface area (TPSA) is 80.5 Å². The smallest absolute Gasteiger partial charge is 0.257 e. The first kappa shape index (κ1) is 17.4. The lowest BCUT2D eigenvalue weighted by molar-refractivity contribution is -0.0552. The third-order valence-electron chi connectivity index (χ3n) is 4.47. The number of amides is 1. The Morgan fingerprint density at radius 1 is 1.40 bits per heavy atom. The van der Waals surface area contributed by atoms with Gasteiger partial charge in [0.1, 0.15) is 0 Å². The summed E-state index contributed by atoms with van der Waals surface area (Å²) in [4.78, 5) is 18.9. The number of rotatable bonds is 4. The summed E-state index contributed by atoms with van der Waals surface area (Å²) in [5, 5.41) is 2.83. The minimum atomic E-state index is -0.228. The van der Waals surface area contributed by atoms with Gasteiger partial charge in [-0.1, -0.05) is 6.07 Å². The number of morpholine rings is 1. The molecule has 1 aromatic heterocycles. The highest BCUT2D eigenvalue weighted by atomic mass is 16.5. The molecule has 132 valence electrons. The molecule has 1 aliphatic heterocycles. The number of nitrogen functional groups attached to an aromatic ring is 1. The Morgan fingerprint density at radius 3 is 2.96 bits per heavy atom. The summed E-state index contributed by atoms with van der Waals surface area (Å²) >= 11 is 0. The van der Waals surface area contributed by atoms with Crippen molar-refractivity contribution in [2.24, 2.45) is 0 Å². The van der Waals surface area contributed by atoms with E-state index in [1.54, 1.807) is 30.6 Å². The molecule has 0 spiro atoms. The predicted octanol–water partition coefficient (Wildman–Crippen LogP) is 2.53. The number of nitrogens with zero attached hydrogens (tertiary/aromatic N) is 2. The van der Waals surface area contributed by atoms with Gasteiger partial charge in [0.05, 0.1) is 30.7 Å². The van der Waals surface area contributed by atoms with E-state index in [1.165, 1.54) is 0 Å². The number of hydrogen-bond donors (Lipinski definition) is 2. The second kappa shape index (κ2) is 7.21. The zero-order valence-corrected chi connectivity index (χ0v) is 14.7. The third kappa shape index (κ3) is 4.15. The van der Waals surface area contributed by atoms with Crippen LogP contribution in [0.5, 0.6) is 0 Å². The number of nitrogens with two attached hydrogens (primary N) is 1. The van der Waals surface area contributed by atoms with Gasteiger partial charge in [-0.25, -0.2) is 0 Å². The van der Waals surface area contributed by atoms with Crippen molar-refractivity contribution in [3.05, 3.63) is 53.9 Å². The number of benzene rings is 1. The molecule has 0 saturated carbocycles. The average Bonchev–Trinajstić information content (AvgIpc) is 2.59. The van der Waals surface area contributed by atoms with Gasteiger partial charge >= 0.3 is 0 Å². The zero-order chi connectivity index (χ0) is 17.9.